The van der Waals surface area contributed by atoms with Crippen molar-refractivity contribution in [1.29, 1.82) is 0 Å². The topological polar surface area (TPSA) is 69.6 Å². The van der Waals surface area contributed by atoms with Gasteiger partial charge in [-0.05, 0) is 35.4 Å². The lowest BCUT2D eigenvalue weighted by atomic mass is 9.96. The Morgan fingerprint density at radius 3 is 3.04 bits per heavy atom. The zero-order valence-electron chi connectivity index (χ0n) is 12.6. The maximum atomic E-state index is 5.39. The van der Waals surface area contributed by atoms with Gasteiger partial charge in [-0.2, -0.15) is 0 Å². The molecule has 23 heavy (non-hydrogen) atoms. The molecule has 120 valence electrons. The molecule has 1 aliphatic rings. The normalized spacial score (nSPS) is 16.0. The highest BCUT2D eigenvalue weighted by Gasteiger charge is 2.20. The molecule has 0 bridgehead atoms. The van der Waals surface area contributed by atoms with Crippen molar-refractivity contribution in [2.75, 3.05) is 0 Å². The molecule has 0 spiro atoms. The number of nitrogens with zero attached hydrogens (tertiary/aromatic N) is 5. The number of aromatic nitrogens is 5. The fourth-order valence-electron chi connectivity index (χ4n) is 2.86. The molecule has 0 saturated heterocycles. The SMILES string of the molecule is c1coc(-c2nc(CSc3nnnn3C3CCCCC3)cs2)c1. The van der Waals surface area contributed by atoms with E-state index in [0.717, 1.165) is 27.4 Å². The Labute approximate surface area is 142 Å². The van der Waals surface area contributed by atoms with Crippen LogP contribution in [0.1, 0.15) is 43.8 Å². The molecule has 1 fully saturated rings. The lowest BCUT2D eigenvalue weighted by Crippen LogP contribution is -2.15. The maximum Gasteiger partial charge on any atom is 0.209 e. The molecule has 1 saturated carbocycles. The van der Waals surface area contributed by atoms with Crippen molar-refractivity contribution in [2.45, 2.75) is 49.1 Å². The number of thiazole rings is 1. The van der Waals surface area contributed by atoms with Gasteiger partial charge in [0, 0.05) is 11.1 Å². The molecule has 3 heterocycles. The van der Waals surface area contributed by atoms with Crippen LogP contribution in [0.2, 0.25) is 0 Å². The number of furan rings is 1. The summed E-state index contributed by atoms with van der Waals surface area (Å²) in [7, 11) is 0. The van der Waals surface area contributed by atoms with Gasteiger partial charge in [0.15, 0.2) is 10.8 Å². The van der Waals surface area contributed by atoms with E-state index in [1.54, 1.807) is 29.4 Å². The second-order valence-corrected chi connectivity index (χ2v) is 7.41. The Hall–Kier alpha value is -1.67. The molecular weight excluding hydrogens is 330 g/mol. The highest BCUT2D eigenvalue weighted by molar-refractivity contribution is 7.98. The van der Waals surface area contributed by atoms with Crippen molar-refractivity contribution in [3.63, 3.8) is 0 Å². The van der Waals surface area contributed by atoms with Gasteiger partial charge in [-0.3, -0.25) is 0 Å². The number of hydrogen-bond donors (Lipinski definition) is 0. The zero-order valence-corrected chi connectivity index (χ0v) is 14.2. The second kappa shape index (κ2) is 6.84. The summed E-state index contributed by atoms with van der Waals surface area (Å²) in [6, 6.07) is 4.26. The smallest absolute Gasteiger partial charge is 0.209 e. The highest BCUT2D eigenvalue weighted by atomic mass is 32.2. The van der Waals surface area contributed by atoms with E-state index in [1.165, 1.54) is 32.1 Å². The third-order valence-electron chi connectivity index (χ3n) is 4.02. The van der Waals surface area contributed by atoms with E-state index in [2.05, 4.69) is 25.9 Å². The Morgan fingerprint density at radius 2 is 2.22 bits per heavy atom. The van der Waals surface area contributed by atoms with Crippen LogP contribution in [0.4, 0.5) is 0 Å². The first-order valence-corrected chi connectivity index (χ1v) is 9.65. The van der Waals surface area contributed by atoms with Crippen LogP contribution in [0, 0.1) is 0 Å². The maximum absolute atomic E-state index is 5.39. The first-order valence-electron chi connectivity index (χ1n) is 7.79. The quantitative estimate of drug-likeness (QED) is 0.645. The second-order valence-electron chi connectivity index (χ2n) is 5.61. The molecule has 3 aromatic heterocycles. The lowest BCUT2D eigenvalue weighted by Gasteiger charge is -2.21. The summed E-state index contributed by atoms with van der Waals surface area (Å²) < 4.78 is 7.39. The predicted octanol–water partition coefficient (Wildman–Crippen LogP) is 4.19. The number of thioether (sulfide) groups is 1. The predicted molar refractivity (Wildman–Crippen MR) is 89.3 cm³/mol. The molecule has 3 aromatic rings. The summed E-state index contributed by atoms with van der Waals surface area (Å²) in [5.74, 6) is 1.59. The van der Waals surface area contributed by atoms with Gasteiger partial charge in [0.05, 0.1) is 18.0 Å². The van der Waals surface area contributed by atoms with Gasteiger partial charge in [0.2, 0.25) is 5.16 Å². The monoisotopic (exact) mass is 347 g/mol. The Balaban J connectivity index is 1.42. The van der Waals surface area contributed by atoms with Crippen LogP contribution in [-0.2, 0) is 5.75 Å². The van der Waals surface area contributed by atoms with Crippen molar-refractivity contribution < 1.29 is 4.42 Å². The fraction of sp³-hybridized carbons (Fsp3) is 0.467. The zero-order chi connectivity index (χ0) is 15.5. The standard InChI is InChI=1S/C15H17N5OS2/c1-2-5-12(6-3-1)20-15(17-18-19-20)23-10-11-9-22-14(16-11)13-7-4-8-21-13/h4,7-9,12H,1-3,5-6,10H2. The molecule has 0 radical (unpaired) electrons. The molecule has 0 N–H and O–H groups in total. The summed E-state index contributed by atoms with van der Waals surface area (Å²) in [5, 5.41) is 16.1. The van der Waals surface area contributed by atoms with E-state index in [4.69, 9.17) is 4.42 Å². The summed E-state index contributed by atoms with van der Waals surface area (Å²) >= 11 is 3.25. The molecule has 8 heteroatoms. The van der Waals surface area contributed by atoms with Crippen molar-refractivity contribution in [2.24, 2.45) is 0 Å². The molecule has 0 unspecified atom stereocenters. The van der Waals surface area contributed by atoms with E-state index in [9.17, 15) is 0 Å². The molecule has 4 rings (SSSR count). The summed E-state index contributed by atoms with van der Waals surface area (Å²) in [6.45, 7) is 0. The van der Waals surface area contributed by atoms with E-state index in [0.29, 0.717) is 6.04 Å². The molecule has 0 atom stereocenters. The largest absolute Gasteiger partial charge is 0.462 e. The van der Waals surface area contributed by atoms with Gasteiger partial charge < -0.3 is 4.42 Å². The van der Waals surface area contributed by atoms with E-state index < -0.39 is 0 Å². The summed E-state index contributed by atoms with van der Waals surface area (Å²) in [5.41, 5.74) is 1.03. The molecule has 0 aliphatic heterocycles. The third kappa shape index (κ3) is 3.32. The van der Waals surface area contributed by atoms with E-state index in [1.807, 2.05) is 16.8 Å². The highest BCUT2D eigenvalue weighted by Crippen LogP contribution is 2.32. The van der Waals surface area contributed by atoms with Gasteiger partial charge in [-0.25, -0.2) is 9.67 Å². The molecule has 6 nitrogen and oxygen atoms in total. The summed E-state index contributed by atoms with van der Waals surface area (Å²) in [6.07, 6.45) is 7.90. The number of tetrazole rings is 1. The number of hydrogen-bond acceptors (Lipinski definition) is 7. The van der Waals surface area contributed by atoms with Gasteiger partial charge in [0.1, 0.15) is 0 Å². The Bertz CT molecular complexity index is 746. The lowest BCUT2D eigenvalue weighted by molar-refractivity contribution is 0.307. The fourth-order valence-corrected chi connectivity index (χ4v) is 4.59. The Morgan fingerprint density at radius 1 is 1.30 bits per heavy atom. The van der Waals surface area contributed by atoms with Crippen LogP contribution in [0.15, 0.2) is 33.3 Å². The van der Waals surface area contributed by atoms with Crippen LogP contribution < -0.4 is 0 Å². The van der Waals surface area contributed by atoms with Crippen LogP contribution in [0.5, 0.6) is 0 Å². The van der Waals surface area contributed by atoms with Gasteiger partial charge in [0.25, 0.3) is 0 Å². The van der Waals surface area contributed by atoms with Gasteiger partial charge >= 0.3 is 0 Å². The number of rotatable bonds is 5. The minimum Gasteiger partial charge on any atom is -0.462 e. The first kappa shape index (κ1) is 14.9. The average molecular weight is 347 g/mol. The van der Waals surface area contributed by atoms with Crippen LogP contribution in [0.3, 0.4) is 0 Å². The molecule has 0 aromatic carbocycles. The average Bonchev–Trinajstić information content (AvgIpc) is 3.33. The van der Waals surface area contributed by atoms with Crippen LogP contribution >= 0.6 is 23.1 Å². The third-order valence-corrected chi connectivity index (χ3v) is 5.89. The summed E-state index contributed by atoms with van der Waals surface area (Å²) in [4.78, 5) is 4.62. The van der Waals surface area contributed by atoms with Gasteiger partial charge in [-0.15, -0.1) is 16.4 Å². The Kier molecular flexibility index (Phi) is 4.43. The van der Waals surface area contributed by atoms with Gasteiger partial charge in [-0.1, -0.05) is 31.0 Å². The molecule has 0 amide bonds. The minimum atomic E-state index is 0.454. The van der Waals surface area contributed by atoms with Crippen LogP contribution in [-0.4, -0.2) is 25.2 Å². The first-order chi connectivity index (χ1) is 11.4. The van der Waals surface area contributed by atoms with Crippen LogP contribution in [0.25, 0.3) is 10.8 Å². The van der Waals surface area contributed by atoms with Crippen molar-refractivity contribution in [3.8, 4) is 10.8 Å². The van der Waals surface area contributed by atoms with E-state index in [-0.39, 0.29) is 0 Å². The van der Waals surface area contributed by atoms with Crippen molar-refractivity contribution in [1.82, 2.24) is 25.2 Å². The van der Waals surface area contributed by atoms with Crippen molar-refractivity contribution in [3.05, 3.63) is 29.5 Å². The minimum absolute atomic E-state index is 0.454. The van der Waals surface area contributed by atoms with E-state index >= 15 is 0 Å². The molecule has 1 aliphatic carbocycles. The molecular formula is C15H17N5OS2. The van der Waals surface area contributed by atoms with Crippen molar-refractivity contribution >= 4 is 23.1 Å².